The third-order valence-corrected chi connectivity index (χ3v) is 2.37. The van der Waals surface area contributed by atoms with E-state index in [1.807, 2.05) is 0 Å². The molecule has 0 aliphatic rings. The van der Waals surface area contributed by atoms with Crippen LogP contribution in [0.3, 0.4) is 0 Å². The Kier molecular flexibility index (Phi) is 3.62. The van der Waals surface area contributed by atoms with Gasteiger partial charge in [-0.1, -0.05) is 0 Å². The molecule has 5 heteroatoms. The zero-order chi connectivity index (χ0) is 9.84. The highest BCUT2D eigenvalue weighted by Crippen LogP contribution is 2.22. The summed E-state index contributed by atoms with van der Waals surface area (Å²) in [6.45, 7) is 0. The average molecular weight is 263 g/mol. The maximum Gasteiger partial charge on any atom is 0.170 e. The van der Waals surface area contributed by atoms with Crippen molar-refractivity contribution in [3.63, 3.8) is 0 Å². The van der Waals surface area contributed by atoms with Crippen molar-refractivity contribution in [2.45, 2.75) is 0 Å². The SMILES string of the molecule is CNC(=S)Nc1ccc(F)cc1Br. The number of rotatable bonds is 1. The summed E-state index contributed by atoms with van der Waals surface area (Å²) in [5.41, 5.74) is 0.737. The Bertz CT molecular complexity index is 330. The number of thiocarbonyl (C=S) groups is 1. The van der Waals surface area contributed by atoms with E-state index in [-0.39, 0.29) is 5.82 Å². The van der Waals surface area contributed by atoms with E-state index in [1.165, 1.54) is 12.1 Å². The summed E-state index contributed by atoms with van der Waals surface area (Å²) in [4.78, 5) is 0. The molecule has 0 fully saturated rings. The Balaban J connectivity index is 2.83. The number of hydrogen-bond acceptors (Lipinski definition) is 1. The van der Waals surface area contributed by atoms with Crippen LogP contribution in [0, 0.1) is 5.82 Å². The van der Waals surface area contributed by atoms with Crippen molar-refractivity contribution in [1.82, 2.24) is 5.32 Å². The van der Waals surface area contributed by atoms with Crippen LogP contribution in [0.15, 0.2) is 22.7 Å². The van der Waals surface area contributed by atoms with Gasteiger partial charge in [0.05, 0.1) is 5.69 Å². The monoisotopic (exact) mass is 262 g/mol. The fourth-order valence-electron chi connectivity index (χ4n) is 0.776. The normalized spacial score (nSPS) is 9.46. The Morgan fingerprint density at radius 2 is 2.23 bits per heavy atom. The molecule has 0 aliphatic carbocycles. The van der Waals surface area contributed by atoms with E-state index in [4.69, 9.17) is 12.2 Å². The van der Waals surface area contributed by atoms with Gasteiger partial charge in [0, 0.05) is 11.5 Å². The van der Waals surface area contributed by atoms with Gasteiger partial charge in [-0.05, 0) is 46.3 Å². The lowest BCUT2D eigenvalue weighted by Crippen LogP contribution is -2.24. The molecule has 0 aromatic heterocycles. The van der Waals surface area contributed by atoms with Crippen molar-refractivity contribution >= 4 is 38.9 Å². The first-order valence-corrected chi connectivity index (χ1v) is 4.77. The molecule has 0 bridgehead atoms. The van der Waals surface area contributed by atoms with Crippen LogP contribution in [-0.4, -0.2) is 12.2 Å². The molecule has 0 saturated carbocycles. The van der Waals surface area contributed by atoms with Gasteiger partial charge in [-0.15, -0.1) is 0 Å². The molecule has 1 aromatic carbocycles. The van der Waals surface area contributed by atoms with Crippen LogP contribution >= 0.6 is 28.1 Å². The summed E-state index contributed by atoms with van der Waals surface area (Å²) in [6, 6.07) is 4.36. The van der Waals surface area contributed by atoms with Crippen molar-refractivity contribution in [3.8, 4) is 0 Å². The molecule has 0 heterocycles. The van der Waals surface area contributed by atoms with Gasteiger partial charge in [0.15, 0.2) is 5.11 Å². The van der Waals surface area contributed by atoms with Crippen molar-refractivity contribution in [2.75, 3.05) is 12.4 Å². The minimum atomic E-state index is -0.284. The van der Waals surface area contributed by atoms with Gasteiger partial charge in [0.1, 0.15) is 5.82 Å². The first-order chi connectivity index (χ1) is 6.13. The van der Waals surface area contributed by atoms with Gasteiger partial charge in [-0.2, -0.15) is 0 Å². The van der Waals surface area contributed by atoms with E-state index in [1.54, 1.807) is 13.1 Å². The average Bonchev–Trinajstić information content (AvgIpc) is 2.09. The van der Waals surface area contributed by atoms with Crippen molar-refractivity contribution in [2.24, 2.45) is 0 Å². The van der Waals surface area contributed by atoms with Crippen LogP contribution in [0.5, 0.6) is 0 Å². The van der Waals surface area contributed by atoms with E-state index in [2.05, 4.69) is 26.6 Å². The van der Waals surface area contributed by atoms with Gasteiger partial charge >= 0.3 is 0 Å². The molecule has 1 rings (SSSR count). The number of halogens is 2. The van der Waals surface area contributed by atoms with E-state index < -0.39 is 0 Å². The summed E-state index contributed by atoms with van der Waals surface area (Å²) < 4.78 is 13.3. The van der Waals surface area contributed by atoms with Crippen molar-refractivity contribution < 1.29 is 4.39 Å². The zero-order valence-electron chi connectivity index (χ0n) is 6.90. The maximum absolute atomic E-state index is 12.7. The number of benzene rings is 1. The second-order valence-corrected chi connectivity index (χ2v) is 3.59. The largest absolute Gasteiger partial charge is 0.366 e. The lowest BCUT2D eigenvalue weighted by molar-refractivity contribution is 0.627. The fraction of sp³-hybridized carbons (Fsp3) is 0.125. The second-order valence-electron chi connectivity index (χ2n) is 2.33. The first kappa shape index (κ1) is 10.4. The standard InChI is InChI=1S/C8H8BrFN2S/c1-11-8(13)12-7-3-2-5(10)4-6(7)9/h2-4H,1H3,(H2,11,12,13). The lowest BCUT2D eigenvalue weighted by atomic mass is 10.3. The number of anilines is 1. The summed E-state index contributed by atoms with van der Waals surface area (Å²) in [5, 5.41) is 6.15. The predicted molar refractivity (Wildman–Crippen MR) is 59.4 cm³/mol. The Labute approximate surface area is 89.7 Å². The highest BCUT2D eigenvalue weighted by Gasteiger charge is 2.01. The van der Waals surface area contributed by atoms with Crippen molar-refractivity contribution in [3.05, 3.63) is 28.5 Å². The molecule has 0 unspecified atom stereocenters. The number of nitrogens with one attached hydrogen (secondary N) is 2. The minimum Gasteiger partial charge on any atom is -0.366 e. The molecule has 2 N–H and O–H groups in total. The number of hydrogen-bond donors (Lipinski definition) is 2. The van der Waals surface area contributed by atoms with Crippen LogP contribution in [0.4, 0.5) is 10.1 Å². The first-order valence-electron chi connectivity index (χ1n) is 3.57. The van der Waals surface area contributed by atoms with Gasteiger partial charge < -0.3 is 10.6 Å². The smallest absolute Gasteiger partial charge is 0.170 e. The van der Waals surface area contributed by atoms with Crippen LogP contribution in [0.25, 0.3) is 0 Å². The van der Waals surface area contributed by atoms with Gasteiger partial charge in [-0.25, -0.2) is 4.39 Å². The topological polar surface area (TPSA) is 24.1 Å². The highest BCUT2D eigenvalue weighted by molar-refractivity contribution is 9.10. The molecule has 2 nitrogen and oxygen atoms in total. The Morgan fingerprint density at radius 1 is 1.54 bits per heavy atom. The van der Waals surface area contributed by atoms with Gasteiger partial charge in [0.25, 0.3) is 0 Å². The fourth-order valence-corrected chi connectivity index (χ4v) is 1.34. The summed E-state index contributed by atoms with van der Waals surface area (Å²) in [7, 11) is 1.72. The summed E-state index contributed by atoms with van der Waals surface area (Å²) in [5.74, 6) is -0.284. The van der Waals surface area contributed by atoms with Gasteiger partial charge in [0.2, 0.25) is 0 Å². The van der Waals surface area contributed by atoms with Crippen LogP contribution in [0.1, 0.15) is 0 Å². The highest BCUT2D eigenvalue weighted by atomic mass is 79.9. The molecule has 1 aromatic rings. The van der Waals surface area contributed by atoms with Gasteiger partial charge in [-0.3, -0.25) is 0 Å². The van der Waals surface area contributed by atoms with E-state index in [0.29, 0.717) is 9.59 Å². The van der Waals surface area contributed by atoms with Crippen LogP contribution in [-0.2, 0) is 0 Å². The molecule has 0 amide bonds. The quantitative estimate of drug-likeness (QED) is 0.761. The Morgan fingerprint density at radius 3 is 2.77 bits per heavy atom. The molecular formula is C8H8BrFN2S. The predicted octanol–water partition coefficient (Wildman–Crippen LogP) is 2.50. The summed E-state index contributed by atoms with van der Waals surface area (Å²) in [6.07, 6.45) is 0. The molecule has 0 atom stereocenters. The second kappa shape index (κ2) is 4.53. The molecule has 13 heavy (non-hydrogen) atoms. The summed E-state index contributed by atoms with van der Waals surface area (Å²) >= 11 is 8.11. The Hall–Kier alpha value is -0.680. The third kappa shape index (κ3) is 2.93. The third-order valence-electron chi connectivity index (χ3n) is 1.41. The van der Waals surface area contributed by atoms with E-state index in [9.17, 15) is 4.39 Å². The molecule has 0 spiro atoms. The lowest BCUT2D eigenvalue weighted by Gasteiger charge is -2.08. The van der Waals surface area contributed by atoms with Crippen molar-refractivity contribution in [1.29, 1.82) is 0 Å². The van der Waals surface area contributed by atoms with E-state index in [0.717, 1.165) is 5.69 Å². The molecular weight excluding hydrogens is 255 g/mol. The zero-order valence-corrected chi connectivity index (χ0v) is 9.30. The maximum atomic E-state index is 12.7. The van der Waals surface area contributed by atoms with E-state index >= 15 is 0 Å². The van der Waals surface area contributed by atoms with Crippen LogP contribution in [0.2, 0.25) is 0 Å². The molecule has 70 valence electrons. The molecule has 0 aliphatic heterocycles. The minimum absolute atomic E-state index is 0.284. The molecule has 0 radical (unpaired) electrons. The van der Waals surface area contributed by atoms with Crippen LogP contribution < -0.4 is 10.6 Å². The molecule has 0 saturated heterocycles.